The van der Waals surface area contributed by atoms with Crippen LogP contribution in [-0.4, -0.2) is 34.2 Å². The van der Waals surface area contributed by atoms with Gasteiger partial charge in [-0.1, -0.05) is 65.3 Å². The molecular weight excluding hydrogens is 528 g/mol. The lowest BCUT2D eigenvalue weighted by Crippen LogP contribution is -2.35. The molecule has 1 fully saturated rings. The fourth-order valence-corrected chi connectivity index (χ4v) is 5.50. The Morgan fingerprint density at radius 1 is 0.865 bits per heavy atom. The lowest BCUT2D eigenvalue weighted by Gasteiger charge is -2.26. The van der Waals surface area contributed by atoms with Crippen LogP contribution in [0.2, 0.25) is 0 Å². The van der Waals surface area contributed by atoms with E-state index in [9.17, 15) is 14.4 Å². The third kappa shape index (κ3) is 5.03. The molecule has 1 amide bonds. The highest BCUT2D eigenvalue weighted by Crippen LogP contribution is 2.33. The molecule has 0 saturated carbocycles. The monoisotopic (exact) mass is 556 g/mol. The molecule has 188 valence electrons. The second kappa shape index (κ2) is 10.9. The van der Waals surface area contributed by atoms with E-state index in [2.05, 4.69) is 15.9 Å². The van der Waals surface area contributed by atoms with Gasteiger partial charge in [-0.3, -0.25) is 19.0 Å². The molecule has 37 heavy (non-hydrogen) atoms. The summed E-state index contributed by atoms with van der Waals surface area (Å²) in [5, 5.41) is 1.31. The van der Waals surface area contributed by atoms with Gasteiger partial charge in [0.1, 0.15) is 0 Å². The van der Waals surface area contributed by atoms with Crippen molar-refractivity contribution in [2.45, 2.75) is 39.2 Å². The first kappa shape index (κ1) is 25.2. The van der Waals surface area contributed by atoms with Crippen molar-refractivity contribution in [3.8, 4) is 11.1 Å². The molecule has 1 aliphatic heterocycles. The van der Waals surface area contributed by atoms with Gasteiger partial charge in [0, 0.05) is 40.5 Å². The first-order valence-electron chi connectivity index (χ1n) is 12.8. The quantitative estimate of drug-likeness (QED) is 0.248. The zero-order valence-corrected chi connectivity index (χ0v) is 22.5. The Bertz CT molecular complexity index is 1520. The van der Waals surface area contributed by atoms with Gasteiger partial charge in [0.2, 0.25) is 0 Å². The van der Waals surface area contributed by atoms with Gasteiger partial charge in [-0.2, -0.15) is 0 Å². The molecule has 1 aliphatic rings. The number of halogens is 1. The van der Waals surface area contributed by atoms with Crippen molar-refractivity contribution >= 4 is 38.4 Å². The van der Waals surface area contributed by atoms with Crippen LogP contribution < -0.4 is 5.56 Å². The maximum Gasteiger partial charge on any atom is 0.259 e. The number of Topliss-reactive ketones (excluding diaryl/α,β-unsaturated/α-hetero) is 1. The summed E-state index contributed by atoms with van der Waals surface area (Å²) in [7, 11) is 0. The minimum Gasteiger partial charge on any atom is -0.339 e. The maximum atomic E-state index is 13.8. The van der Waals surface area contributed by atoms with Crippen molar-refractivity contribution in [3.05, 3.63) is 104 Å². The summed E-state index contributed by atoms with van der Waals surface area (Å²) in [6.45, 7) is 3.66. The first-order valence-corrected chi connectivity index (χ1v) is 13.6. The third-order valence-electron chi connectivity index (χ3n) is 7.07. The molecule has 1 aromatic heterocycles. The van der Waals surface area contributed by atoms with Gasteiger partial charge in [-0.15, -0.1) is 0 Å². The van der Waals surface area contributed by atoms with Crippen molar-refractivity contribution in [1.29, 1.82) is 0 Å². The SMILES string of the molecule is CCC(=O)c1c(-c2ccccc2)c2cc(Br)ccc2c(=O)n1Cc1ccc(C(=O)N2CCCCC2)cc1. The van der Waals surface area contributed by atoms with Crippen molar-refractivity contribution in [3.63, 3.8) is 0 Å². The van der Waals surface area contributed by atoms with Gasteiger partial charge in [0.05, 0.1) is 12.2 Å². The predicted octanol–water partition coefficient (Wildman–Crippen LogP) is 6.70. The highest BCUT2D eigenvalue weighted by atomic mass is 79.9. The van der Waals surface area contributed by atoms with Crippen LogP contribution in [0.1, 0.15) is 59.0 Å². The molecule has 5 nitrogen and oxygen atoms in total. The molecule has 0 N–H and O–H groups in total. The molecule has 0 unspecified atom stereocenters. The number of piperidine rings is 1. The highest BCUT2D eigenvalue weighted by molar-refractivity contribution is 9.10. The average Bonchev–Trinajstić information content (AvgIpc) is 2.94. The number of hydrogen-bond acceptors (Lipinski definition) is 3. The van der Waals surface area contributed by atoms with Crippen LogP contribution in [0.5, 0.6) is 0 Å². The van der Waals surface area contributed by atoms with Crippen molar-refractivity contribution in [1.82, 2.24) is 9.47 Å². The van der Waals surface area contributed by atoms with Gasteiger partial charge in [-0.05, 0) is 66.1 Å². The minimum absolute atomic E-state index is 0.0490. The number of rotatable bonds is 6. The number of carbonyl (C=O) groups is 2. The van der Waals surface area contributed by atoms with E-state index in [-0.39, 0.29) is 30.2 Å². The number of nitrogens with zero attached hydrogens (tertiary/aromatic N) is 2. The van der Waals surface area contributed by atoms with Gasteiger partial charge in [-0.25, -0.2) is 0 Å². The van der Waals surface area contributed by atoms with E-state index in [1.807, 2.05) is 84.6 Å². The summed E-state index contributed by atoms with van der Waals surface area (Å²) < 4.78 is 2.45. The van der Waals surface area contributed by atoms with Crippen LogP contribution in [0.15, 0.2) is 82.1 Å². The normalized spacial score (nSPS) is 13.6. The van der Waals surface area contributed by atoms with E-state index in [0.29, 0.717) is 16.6 Å². The number of ketones is 1. The van der Waals surface area contributed by atoms with Gasteiger partial charge in [0.25, 0.3) is 11.5 Å². The van der Waals surface area contributed by atoms with Crippen molar-refractivity contribution in [2.24, 2.45) is 0 Å². The number of fused-ring (bicyclic) bond motifs is 1. The topological polar surface area (TPSA) is 59.4 Å². The van der Waals surface area contributed by atoms with Crippen LogP contribution in [0, 0.1) is 0 Å². The largest absolute Gasteiger partial charge is 0.339 e. The molecule has 6 heteroatoms. The second-order valence-electron chi connectivity index (χ2n) is 9.50. The minimum atomic E-state index is -0.201. The van der Waals surface area contributed by atoms with Crippen LogP contribution >= 0.6 is 15.9 Å². The molecule has 0 spiro atoms. The Morgan fingerprint density at radius 2 is 1.57 bits per heavy atom. The third-order valence-corrected chi connectivity index (χ3v) is 7.56. The smallest absolute Gasteiger partial charge is 0.259 e. The standard InChI is InChI=1S/C31H29BrN2O3/c1-2-27(35)29-28(22-9-5-3-6-10-22)26-19-24(32)15-16-25(26)31(37)34(29)20-21-11-13-23(14-12-21)30(36)33-17-7-4-8-18-33/h3,5-6,9-16,19H,2,4,7-8,17-18,20H2,1H3. The summed E-state index contributed by atoms with van der Waals surface area (Å²) in [6, 6.07) is 22.8. The molecule has 2 heterocycles. The van der Waals surface area contributed by atoms with Crippen LogP contribution in [-0.2, 0) is 6.54 Å². The van der Waals surface area contributed by atoms with E-state index in [1.54, 1.807) is 4.57 Å². The highest BCUT2D eigenvalue weighted by Gasteiger charge is 2.23. The molecule has 0 bridgehead atoms. The van der Waals surface area contributed by atoms with E-state index in [1.165, 1.54) is 6.42 Å². The van der Waals surface area contributed by atoms with Crippen molar-refractivity contribution < 1.29 is 9.59 Å². The molecule has 0 atom stereocenters. The second-order valence-corrected chi connectivity index (χ2v) is 10.4. The van der Waals surface area contributed by atoms with E-state index < -0.39 is 0 Å². The van der Waals surface area contributed by atoms with Gasteiger partial charge < -0.3 is 4.90 Å². The summed E-state index contributed by atoms with van der Waals surface area (Å²) in [4.78, 5) is 42.0. The summed E-state index contributed by atoms with van der Waals surface area (Å²) >= 11 is 3.54. The van der Waals surface area contributed by atoms with Crippen LogP contribution in [0.3, 0.4) is 0 Å². The molecule has 1 saturated heterocycles. The lowest BCUT2D eigenvalue weighted by molar-refractivity contribution is 0.0724. The Kier molecular flexibility index (Phi) is 7.38. The molecule has 5 rings (SSSR count). The summed E-state index contributed by atoms with van der Waals surface area (Å²) in [5.74, 6) is -0.0392. The molecule has 0 aliphatic carbocycles. The van der Waals surface area contributed by atoms with E-state index >= 15 is 0 Å². The van der Waals surface area contributed by atoms with Crippen LogP contribution in [0.25, 0.3) is 21.9 Å². The lowest BCUT2D eigenvalue weighted by atomic mass is 9.94. The van der Waals surface area contributed by atoms with Gasteiger partial charge >= 0.3 is 0 Å². The maximum absolute atomic E-state index is 13.8. The van der Waals surface area contributed by atoms with Crippen molar-refractivity contribution in [2.75, 3.05) is 13.1 Å². The number of hydrogen-bond donors (Lipinski definition) is 0. The molecule has 3 aromatic carbocycles. The first-order chi connectivity index (χ1) is 18.0. The van der Waals surface area contributed by atoms with Crippen LogP contribution in [0.4, 0.5) is 0 Å². The fourth-order valence-electron chi connectivity index (χ4n) is 5.14. The average molecular weight is 557 g/mol. The number of aromatic nitrogens is 1. The zero-order valence-electron chi connectivity index (χ0n) is 20.9. The summed E-state index contributed by atoms with van der Waals surface area (Å²) in [5.41, 5.74) is 3.37. The van der Waals surface area contributed by atoms with E-state index in [0.717, 1.165) is 52.5 Å². The number of carbonyl (C=O) groups excluding carboxylic acids is 2. The number of benzene rings is 3. The number of likely N-dealkylation sites (tertiary alicyclic amines) is 1. The van der Waals surface area contributed by atoms with Gasteiger partial charge in [0.15, 0.2) is 5.78 Å². The fraction of sp³-hybridized carbons (Fsp3) is 0.258. The molecular formula is C31H29BrN2O3. The van der Waals surface area contributed by atoms with E-state index in [4.69, 9.17) is 0 Å². The predicted molar refractivity (Wildman–Crippen MR) is 151 cm³/mol. The Morgan fingerprint density at radius 3 is 2.24 bits per heavy atom. The Balaban J connectivity index is 1.62. The number of amides is 1. The number of pyridine rings is 1. The summed E-state index contributed by atoms with van der Waals surface area (Å²) in [6.07, 6.45) is 3.54. The Hall–Kier alpha value is -3.51. The molecule has 0 radical (unpaired) electrons. The Labute approximate surface area is 224 Å². The zero-order chi connectivity index (χ0) is 25.9. The molecule has 4 aromatic rings.